The van der Waals surface area contributed by atoms with Crippen LogP contribution in [0.2, 0.25) is 0 Å². The van der Waals surface area contributed by atoms with Crippen LogP contribution in [-0.2, 0) is 0 Å². The van der Waals surface area contributed by atoms with Crippen LogP contribution in [-0.4, -0.2) is 19.4 Å². The molecule has 25 heavy (non-hydrogen) atoms. The third-order valence-corrected chi connectivity index (χ3v) is 3.70. The molecule has 2 N–H and O–H groups in total. The Hall–Kier alpha value is -2.95. The summed E-state index contributed by atoms with van der Waals surface area (Å²) < 4.78 is 10.7. The fourth-order valence-corrected chi connectivity index (χ4v) is 2.36. The summed E-state index contributed by atoms with van der Waals surface area (Å²) >= 11 is 0. The summed E-state index contributed by atoms with van der Waals surface area (Å²) in [5, 5.41) is 5.65. The first-order valence-electron chi connectivity index (χ1n) is 8.33. The van der Waals surface area contributed by atoms with E-state index in [0.717, 1.165) is 28.3 Å². The molecule has 3 rings (SSSR count). The summed E-state index contributed by atoms with van der Waals surface area (Å²) in [6.07, 6.45) is 4.03. The van der Waals surface area contributed by atoms with E-state index in [4.69, 9.17) is 9.47 Å². The van der Waals surface area contributed by atoms with Crippen LogP contribution in [0.25, 0.3) is 12.2 Å². The Kier molecular flexibility index (Phi) is 5.23. The van der Waals surface area contributed by atoms with Gasteiger partial charge in [0.2, 0.25) is 6.79 Å². The van der Waals surface area contributed by atoms with Gasteiger partial charge in [0.05, 0.1) is 0 Å². The monoisotopic (exact) mass is 338 g/mol. The summed E-state index contributed by atoms with van der Waals surface area (Å²) in [7, 11) is 0. The van der Waals surface area contributed by atoms with E-state index in [9.17, 15) is 4.79 Å². The lowest BCUT2D eigenvalue weighted by atomic mass is 10.1. The first kappa shape index (κ1) is 16.9. The Morgan fingerprint density at radius 2 is 1.72 bits per heavy atom. The Labute approximate surface area is 147 Å². The topological polar surface area (TPSA) is 59.6 Å². The van der Waals surface area contributed by atoms with E-state index in [1.807, 2.05) is 54.6 Å². The highest BCUT2D eigenvalue weighted by Crippen LogP contribution is 2.32. The molecule has 1 heterocycles. The highest BCUT2D eigenvalue weighted by molar-refractivity contribution is 5.89. The Morgan fingerprint density at radius 1 is 1.04 bits per heavy atom. The highest BCUT2D eigenvalue weighted by atomic mass is 16.7. The van der Waals surface area contributed by atoms with Gasteiger partial charge in [0.15, 0.2) is 11.5 Å². The van der Waals surface area contributed by atoms with Crippen molar-refractivity contribution in [2.45, 2.75) is 13.8 Å². The molecule has 0 saturated carbocycles. The summed E-state index contributed by atoms with van der Waals surface area (Å²) in [4.78, 5) is 11.7. The van der Waals surface area contributed by atoms with Crippen LogP contribution in [0, 0.1) is 5.92 Å². The van der Waals surface area contributed by atoms with Gasteiger partial charge in [-0.1, -0.05) is 44.2 Å². The molecule has 0 atom stereocenters. The molecule has 0 aliphatic carbocycles. The lowest BCUT2D eigenvalue weighted by Crippen LogP contribution is -2.31. The number of benzene rings is 2. The van der Waals surface area contributed by atoms with Gasteiger partial charge in [0.25, 0.3) is 0 Å². The van der Waals surface area contributed by atoms with Gasteiger partial charge < -0.3 is 20.1 Å². The zero-order chi connectivity index (χ0) is 17.6. The van der Waals surface area contributed by atoms with Gasteiger partial charge in [-0.15, -0.1) is 0 Å². The van der Waals surface area contributed by atoms with Gasteiger partial charge in [0, 0.05) is 12.2 Å². The summed E-state index contributed by atoms with van der Waals surface area (Å²) in [5.41, 5.74) is 2.85. The van der Waals surface area contributed by atoms with Crippen molar-refractivity contribution < 1.29 is 14.3 Å². The largest absolute Gasteiger partial charge is 0.454 e. The van der Waals surface area contributed by atoms with Crippen molar-refractivity contribution >= 4 is 23.9 Å². The Balaban J connectivity index is 1.58. The predicted molar refractivity (Wildman–Crippen MR) is 99.8 cm³/mol. The predicted octanol–water partition coefficient (Wildman–Crippen LogP) is 4.36. The van der Waals surface area contributed by atoms with Crippen LogP contribution in [0.15, 0.2) is 42.5 Å². The van der Waals surface area contributed by atoms with Gasteiger partial charge in [-0.25, -0.2) is 4.79 Å². The number of ether oxygens (including phenoxy) is 2. The molecular formula is C20H22N2O3. The molecule has 0 bridgehead atoms. The maximum atomic E-state index is 11.7. The number of carbonyl (C=O) groups excluding carboxylic acids is 1. The lowest BCUT2D eigenvalue weighted by molar-refractivity contribution is 0.174. The van der Waals surface area contributed by atoms with Gasteiger partial charge in [-0.05, 0) is 41.3 Å². The van der Waals surface area contributed by atoms with Crippen molar-refractivity contribution in [1.29, 1.82) is 0 Å². The number of anilines is 1. The molecule has 0 radical (unpaired) electrons. The first-order valence-corrected chi connectivity index (χ1v) is 8.33. The molecule has 0 fully saturated rings. The fraction of sp³-hybridized carbons (Fsp3) is 0.250. The van der Waals surface area contributed by atoms with Crippen molar-refractivity contribution in [1.82, 2.24) is 5.32 Å². The minimum absolute atomic E-state index is 0.183. The minimum atomic E-state index is -0.183. The molecule has 1 aliphatic rings. The normalized spacial score (nSPS) is 12.6. The third kappa shape index (κ3) is 4.76. The zero-order valence-electron chi connectivity index (χ0n) is 14.4. The second-order valence-electron chi connectivity index (χ2n) is 6.30. The van der Waals surface area contributed by atoms with E-state index in [2.05, 4.69) is 24.5 Å². The van der Waals surface area contributed by atoms with Gasteiger partial charge in [-0.3, -0.25) is 0 Å². The Bertz CT molecular complexity index is 767. The number of urea groups is 1. The van der Waals surface area contributed by atoms with Gasteiger partial charge in [-0.2, -0.15) is 0 Å². The number of nitrogens with one attached hydrogen (secondary N) is 2. The van der Waals surface area contributed by atoms with Gasteiger partial charge >= 0.3 is 6.03 Å². The molecule has 5 heteroatoms. The maximum absolute atomic E-state index is 11.7. The second-order valence-corrected chi connectivity index (χ2v) is 6.30. The number of rotatable bonds is 5. The smallest absolute Gasteiger partial charge is 0.319 e. The number of hydrogen-bond acceptors (Lipinski definition) is 3. The van der Waals surface area contributed by atoms with E-state index < -0.39 is 0 Å². The molecule has 0 saturated heterocycles. The van der Waals surface area contributed by atoms with E-state index >= 15 is 0 Å². The van der Waals surface area contributed by atoms with Crippen LogP contribution in [0.3, 0.4) is 0 Å². The number of fused-ring (bicyclic) bond motifs is 1. The van der Waals surface area contributed by atoms with Crippen molar-refractivity contribution in [3.63, 3.8) is 0 Å². The highest BCUT2D eigenvalue weighted by Gasteiger charge is 2.12. The molecule has 1 aliphatic heterocycles. The number of amides is 2. The summed E-state index contributed by atoms with van der Waals surface area (Å²) in [5.74, 6) is 1.98. The van der Waals surface area contributed by atoms with E-state index in [-0.39, 0.29) is 12.8 Å². The summed E-state index contributed by atoms with van der Waals surface area (Å²) in [6.45, 7) is 5.05. The van der Waals surface area contributed by atoms with E-state index in [1.54, 1.807) is 0 Å². The molecule has 130 valence electrons. The lowest BCUT2D eigenvalue weighted by Gasteiger charge is -2.09. The third-order valence-electron chi connectivity index (χ3n) is 3.70. The summed E-state index contributed by atoms with van der Waals surface area (Å²) in [6, 6.07) is 13.3. The Morgan fingerprint density at radius 3 is 2.48 bits per heavy atom. The van der Waals surface area contributed by atoms with Crippen molar-refractivity contribution in [3.05, 3.63) is 53.6 Å². The molecule has 2 aromatic carbocycles. The molecule has 0 aromatic heterocycles. The SMILES string of the molecule is CC(C)CNC(=O)Nc1ccc(/C=C/c2ccc3c(c2)OCO3)cc1. The second kappa shape index (κ2) is 7.75. The fourth-order valence-electron chi connectivity index (χ4n) is 2.36. The number of carbonyl (C=O) groups is 1. The van der Waals surface area contributed by atoms with Gasteiger partial charge in [0.1, 0.15) is 0 Å². The first-order chi connectivity index (χ1) is 12.1. The zero-order valence-corrected chi connectivity index (χ0v) is 14.4. The molecule has 0 unspecified atom stereocenters. The van der Waals surface area contributed by atoms with E-state index in [1.165, 1.54) is 0 Å². The number of hydrogen-bond donors (Lipinski definition) is 2. The van der Waals surface area contributed by atoms with Crippen molar-refractivity contribution in [2.75, 3.05) is 18.7 Å². The van der Waals surface area contributed by atoms with Crippen LogP contribution in [0.5, 0.6) is 11.5 Å². The van der Waals surface area contributed by atoms with Crippen molar-refractivity contribution in [2.24, 2.45) is 5.92 Å². The minimum Gasteiger partial charge on any atom is -0.454 e. The van der Waals surface area contributed by atoms with Crippen LogP contribution >= 0.6 is 0 Å². The average molecular weight is 338 g/mol. The van der Waals surface area contributed by atoms with Crippen LogP contribution in [0.4, 0.5) is 10.5 Å². The standard InChI is InChI=1S/C20H22N2O3/c1-14(2)12-21-20(23)22-17-8-5-15(6-9-17)3-4-16-7-10-18-19(11-16)25-13-24-18/h3-11,14H,12-13H2,1-2H3,(H2,21,22,23)/b4-3+. The molecule has 0 spiro atoms. The van der Waals surface area contributed by atoms with Crippen LogP contribution in [0.1, 0.15) is 25.0 Å². The molecule has 2 amide bonds. The van der Waals surface area contributed by atoms with Crippen molar-refractivity contribution in [3.8, 4) is 11.5 Å². The average Bonchev–Trinajstić information content (AvgIpc) is 3.07. The van der Waals surface area contributed by atoms with E-state index in [0.29, 0.717) is 12.5 Å². The maximum Gasteiger partial charge on any atom is 0.319 e. The molecule has 2 aromatic rings. The molecular weight excluding hydrogens is 316 g/mol. The molecule has 5 nitrogen and oxygen atoms in total. The quantitative estimate of drug-likeness (QED) is 0.796. The van der Waals surface area contributed by atoms with Crippen LogP contribution < -0.4 is 20.1 Å².